The maximum absolute atomic E-state index is 5.70. The Morgan fingerprint density at radius 3 is 2.84 bits per heavy atom. The lowest BCUT2D eigenvalue weighted by atomic mass is 10.2. The van der Waals surface area contributed by atoms with Crippen LogP contribution in [-0.4, -0.2) is 16.2 Å². The van der Waals surface area contributed by atoms with E-state index in [0.29, 0.717) is 6.61 Å². The van der Waals surface area contributed by atoms with E-state index in [9.17, 15) is 0 Å². The predicted octanol–water partition coefficient (Wildman–Crippen LogP) is 3.44. The van der Waals surface area contributed by atoms with E-state index < -0.39 is 0 Å². The highest BCUT2D eigenvalue weighted by molar-refractivity contribution is 5.13. The highest BCUT2D eigenvalue weighted by Crippen LogP contribution is 2.04. The van der Waals surface area contributed by atoms with Crippen LogP contribution in [0.4, 0.5) is 0 Å². The summed E-state index contributed by atoms with van der Waals surface area (Å²) in [7, 11) is 0. The summed E-state index contributed by atoms with van der Waals surface area (Å²) in [5.74, 6) is 1.17. The molecule has 3 heteroatoms. The first-order valence-electron chi connectivity index (χ1n) is 7.02. The van der Waals surface area contributed by atoms with Crippen LogP contribution in [0.2, 0.25) is 0 Å². The standard InChI is InChI=1S/C16H22N2O/c1-2-3-9-16-17-10-11-18(16)12-13-19-14-15-7-5-4-6-8-15/h4-8,10-11H,2-3,9,12-14H2,1H3. The molecule has 0 aliphatic heterocycles. The van der Waals surface area contributed by atoms with E-state index in [1.54, 1.807) is 0 Å². The topological polar surface area (TPSA) is 27.1 Å². The molecule has 3 nitrogen and oxygen atoms in total. The third-order valence-electron chi connectivity index (χ3n) is 3.14. The molecule has 0 aliphatic carbocycles. The molecule has 102 valence electrons. The lowest BCUT2D eigenvalue weighted by Crippen LogP contribution is -2.09. The Balaban J connectivity index is 1.72. The van der Waals surface area contributed by atoms with Gasteiger partial charge < -0.3 is 9.30 Å². The second kappa shape index (κ2) is 7.74. The van der Waals surface area contributed by atoms with Crippen molar-refractivity contribution < 1.29 is 4.74 Å². The van der Waals surface area contributed by atoms with Crippen LogP contribution in [0.15, 0.2) is 42.7 Å². The van der Waals surface area contributed by atoms with Crippen molar-refractivity contribution in [1.82, 2.24) is 9.55 Å². The molecule has 0 unspecified atom stereocenters. The summed E-state index contributed by atoms with van der Waals surface area (Å²) in [5, 5.41) is 0. The molecule has 2 rings (SSSR count). The zero-order valence-corrected chi connectivity index (χ0v) is 11.6. The van der Waals surface area contributed by atoms with E-state index in [2.05, 4.69) is 28.6 Å². The lowest BCUT2D eigenvalue weighted by molar-refractivity contribution is 0.112. The van der Waals surface area contributed by atoms with Gasteiger partial charge in [-0.15, -0.1) is 0 Å². The average molecular weight is 258 g/mol. The molecule has 1 aromatic carbocycles. The van der Waals surface area contributed by atoms with Gasteiger partial charge in [-0.1, -0.05) is 43.7 Å². The number of hydrogen-bond acceptors (Lipinski definition) is 2. The van der Waals surface area contributed by atoms with E-state index in [4.69, 9.17) is 4.74 Å². The normalized spacial score (nSPS) is 10.8. The first-order valence-corrected chi connectivity index (χ1v) is 7.02. The van der Waals surface area contributed by atoms with Crippen LogP contribution in [0.5, 0.6) is 0 Å². The average Bonchev–Trinajstić information content (AvgIpc) is 2.90. The number of nitrogens with zero attached hydrogens (tertiary/aromatic N) is 2. The smallest absolute Gasteiger partial charge is 0.108 e. The van der Waals surface area contributed by atoms with E-state index in [0.717, 1.165) is 19.6 Å². The number of aromatic nitrogens is 2. The van der Waals surface area contributed by atoms with Gasteiger partial charge in [0.1, 0.15) is 5.82 Å². The summed E-state index contributed by atoms with van der Waals surface area (Å²) < 4.78 is 7.90. The zero-order valence-electron chi connectivity index (χ0n) is 11.6. The van der Waals surface area contributed by atoms with Gasteiger partial charge in [0, 0.05) is 25.4 Å². The second-order valence-corrected chi connectivity index (χ2v) is 4.68. The van der Waals surface area contributed by atoms with Gasteiger partial charge in [0.2, 0.25) is 0 Å². The van der Waals surface area contributed by atoms with Crippen molar-refractivity contribution in [2.45, 2.75) is 39.3 Å². The molecule has 0 amide bonds. The van der Waals surface area contributed by atoms with Gasteiger partial charge in [-0.05, 0) is 12.0 Å². The fraction of sp³-hybridized carbons (Fsp3) is 0.438. The van der Waals surface area contributed by atoms with Crippen molar-refractivity contribution in [3.05, 3.63) is 54.1 Å². The van der Waals surface area contributed by atoms with Crippen molar-refractivity contribution in [3.63, 3.8) is 0 Å². The van der Waals surface area contributed by atoms with Crippen LogP contribution < -0.4 is 0 Å². The number of hydrogen-bond donors (Lipinski definition) is 0. The van der Waals surface area contributed by atoms with E-state index >= 15 is 0 Å². The summed E-state index contributed by atoms with van der Waals surface area (Å²) >= 11 is 0. The van der Waals surface area contributed by atoms with Crippen LogP contribution in [-0.2, 0) is 24.3 Å². The zero-order chi connectivity index (χ0) is 13.3. The molecule has 0 N–H and O–H groups in total. The quantitative estimate of drug-likeness (QED) is 0.678. The summed E-state index contributed by atoms with van der Waals surface area (Å²) in [6.45, 7) is 4.49. The number of aryl methyl sites for hydroxylation is 1. The first-order chi connectivity index (χ1) is 9.40. The lowest BCUT2D eigenvalue weighted by Gasteiger charge is -2.08. The van der Waals surface area contributed by atoms with Crippen LogP contribution in [0.25, 0.3) is 0 Å². The minimum Gasteiger partial charge on any atom is -0.375 e. The molecular weight excluding hydrogens is 236 g/mol. The maximum atomic E-state index is 5.70. The van der Waals surface area contributed by atoms with E-state index in [1.165, 1.54) is 24.2 Å². The Labute approximate surface area is 115 Å². The molecule has 0 saturated heterocycles. The largest absolute Gasteiger partial charge is 0.375 e. The van der Waals surface area contributed by atoms with Crippen LogP contribution in [0.1, 0.15) is 31.2 Å². The Hall–Kier alpha value is -1.61. The van der Waals surface area contributed by atoms with Crippen LogP contribution in [0, 0.1) is 0 Å². The van der Waals surface area contributed by atoms with Gasteiger partial charge >= 0.3 is 0 Å². The number of rotatable bonds is 8. The predicted molar refractivity (Wildman–Crippen MR) is 76.9 cm³/mol. The first kappa shape index (κ1) is 13.8. The fourth-order valence-electron chi connectivity index (χ4n) is 2.03. The molecule has 0 bridgehead atoms. The van der Waals surface area contributed by atoms with Gasteiger partial charge in [-0.2, -0.15) is 0 Å². The third kappa shape index (κ3) is 4.52. The van der Waals surface area contributed by atoms with Crippen LogP contribution >= 0.6 is 0 Å². The summed E-state index contributed by atoms with van der Waals surface area (Å²) in [4.78, 5) is 4.40. The number of benzene rings is 1. The van der Waals surface area contributed by atoms with Gasteiger partial charge in [0.25, 0.3) is 0 Å². The highest BCUT2D eigenvalue weighted by atomic mass is 16.5. The number of unbranched alkanes of at least 4 members (excludes halogenated alkanes) is 1. The molecule has 0 aliphatic rings. The Morgan fingerprint density at radius 1 is 1.21 bits per heavy atom. The van der Waals surface area contributed by atoms with Crippen LogP contribution in [0.3, 0.4) is 0 Å². The Morgan fingerprint density at radius 2 is 2.05 bits per heavy atom. The summed E-state index contributed by atoms with van der Waals surface area (Å²) in [6.07, 6.45) is 7.38. The summed E-state index contributed by atoms with van der Waals surface area (Å²) in [5.41, 5.74) is 1.22. The monoisotopic (exact) mass is 258 g/mol. The van der Waals surface area contributed by atoms with Gasteiger partial charge in [0.15, 0.2) is 0 Å². The van der Waals surface area contributed by atoms with Crippen molar-refractivity contribution in [2.24, 2.45) is 0 Å². The second-order valence-electron chi connectivity index (χ2n) is 4.68. The highest BCUT2D eigenvalue weighted by Gasteiger charge is 2.01. The Kier molecular flexibility index (Phi) is 5.63. The number of imidazole rings is 1. The van der Waals surface area contributed by atoms with E-state index in [-0.39, 0.29) is 0 Å². The molecule has 2 aromatic rings. The molecular formula is C16H22N2O. The SMILES string of the molecule is CCCCc1nccn1CCOCc1ccccc1. The van der Waals surface area contributed by atoms with Crippen molar-refractivity contribution >= 4 is 0 Å². The Bertz CT molecular complexity index is 465. The van der Waals surface area contributed by atoms with Gasteiger partial charge in [-0.3, -0.25) is 0 Å². The summed E-state index contributed by atoms with van der Waals surface area (Å²) in [6, 6.07) is 10.3. The number of ether oxygens (including phenoxy) is 1. The molecule has 19 heavy (non-hydrogen) atoms. The minimum absolute atomic E-state index is 0.680. The minimum atomic E-state index is 0.680. The molecule has 1 heterocycles. The van der Waals surface area contributed by atoms with Crippen molar-refractivity contribution in [2.75, 3.05) is 6.61 Å². The van der Waals surface area contributed by atoms with Crippen molar-refractivity contribution in [3.8, 4) is 0 Å². The fourth-order valence-corrected chi connectivity index (χ4v) is 2.03. The molecule has 0 radical (unpaired) electrons. The van der Waals surface area contributed by atoms with E-state index in [1.807, 2.05) is 30.6 Å². The molecule has 0 fully saturated rings. The van der Waals surface area contributed by atoms with Gasteiger partial charge in [0.05, 0.1) is 13.2 Å². The molecule has 1 aromatic heterocycles. The maximum Gasteiger partial charge on any atom is 0.108 e. The molecule has 0 atom stereocenters. The third-order valence-corrected chi connectivity index (χ3v) is 3.14. The van der Waals surface area contributed by atoms with Crippen molar-refractivity contribution in [1.29, 1.82) is 0 Å². The molecule has 0 saturated carbocycles. The molecule has 0 spiro atoms. The van der Waals surface area contributed by atoms with Gasteiger partial charge in [-0.25, -0.2) is 4.98 Å².